The van der Waals surface area contributed by atoms with Crippen LogP contribution in [-0.4, -0.2) is 10.3 Å². The van der Waals surface area contributed by atoms with Gasteiger partial charge in [0, 0.05) is 5.75 Å². The van der Waals surface area contributed by atoms with Crippen molar-refractivity contribution in [1.29, 1.82) is 0 Å². The maximum atomic E-state index is 11.4. The first-order valence-corrected chi connectivity index (χ1v) is 5.20. The molecule has 0 aliphatic carbocycles. The van der Waals surface area contributed by atoms with Gasteiger partial charge in [-0.2, -0.15) is 4.57 Å². The van der Waals surface area contributed by atoms with Crippen molar-refractivity contribution in [3.63, 3.8) is 0 Å². The predicted molar refractivity (Wildman–Crippen MR) is 46.7 cm³/mol. The average Bonchev–Trinajstić information content (AvgIpc) is 2.53. The minimum Gasteiger partial charge on any atom is -0.842 e. The molecular weight excluding hydrogens is 188 g/mol. The highest BCUT2D eigenvalue weighted by Gasteiger charge is 2.23. The Morgan fingerprint density at radius 1 is 1.77 bits per heavy atom. The van der Waals surface area contributed by atoms with Gasteiger partial charge in [-0.15, -0.1) is 0 Å². The molecule has 1 aromatic heterocycles. The summed E-state index contributed by atoms with van der Waals surface area (Å²) in [6, 6.07) is 1.17. The molecule has 0 N–H and O–H groups in total. The monoisotopic (exact) mass is 198 g/mol. The molecule has 0 radical (unpaired) electrons. The third-order valence-corrected chi connectivity index (χ3v) is 3.19. The molecule has 1 aliphatic rings. The van der Waals surface area contributed by atoms with Crippen LogP contribution in [0.2, 0.25) is 0 Å². The summed E-state index contributed by atoms with van der Waals surface area (Å²) >= 11 is 1.57. The Hall–Kier alpha value is -0.970. The van der Waals surface area contributed by atoms with Crippen molar-refractivity contribution in [3.05, 3.63) is 16.4 Å². The summed E-state index contributed by atoms with van der Waals surface area (Å²) in [4.78, 5) is 11.4. The van der Waals surface area contributed by atoms with Crippen molar-refractivity contribution in [2.24, 2.45) is 0 Å². The van der Waals surface area contributed by atoms with E-state index >= 15 is 0 Å². The molecule has 0 unspecified atom stereocenters. The van der Waals surface area contributed by atoms with Crippen LogP contribution >= 0.6 is 11.8 Å². The third-order valence-electron chi connectivity index (χ3n) is 2.10. The molecule has 0 saturated carbocycles. The minimum atomic E-state index is -0.187. The third kappa shape index (κ3) is 1.23. The van der Waals surface area contributed by atoms with E-state index in [1.165, 1.54) is 6.07 Å². The quantitative estimate of drug-likeness (QED) is 0.444. The number of rotatable bonds is 1. The van der Waals surface area contributed by atoms with Crippen LogP contribution in [0.15, 0.2) is 16.0 Å². The van der Waals surface area contributed by atoms with Gasteiger partial charge in [0.05, 0.1) is 25.0 Å². The van der Waals surface area contributed by atoms with Crippen molar-refractivity contribution in [2.75, 3.05) is 5.75 Å². The van der Waals surface area contributed by atoms with Gasteiger partial charge in [-0.25, -0.2) is 9.36 Å². The van der Waals surface area contributed by atoms with Gasteiger partial charge in [0.1, 0.15) is 0 Å². The van der Waals surface area contributed by atoms with Crippen molar-refractivity contribution in [1.82, 2.24) is 4.57 Å². The lowest BCUT2D eigenvalue weighted by Crippen LogP contribution is -2.43. The second-order valence-corrected chi connectivity index (χ2v) is 3.91. The van der Waals surface area contributed by atoms with E-state index in [0.717, 1.165) is 17.5 Å². The Bertz CT molecular complexity index is 400. The van der Waals surface area contributed by atoms with E-state index in [1.807, 2.05) is 6.92 Å². The van der Waals surface area contributed by atoms with Gasteiger partial charge < -0.3 is 5.11 Å². The zero-order valence-corrected chi connectivity index (χ0v) is 8.13. The Kier molecular flexibility index (Phi) is 2.03. The van der Waals surface area contributed by atoms with Crippen molar-refractivity contribution in [3.8, 4) is 5.88 Å². The molecule has 0 fully saturated rings. The summed E-state index contributed by atoms with van der Waals surface area (Å²) in [6.07, 6.45) is 0. The fourth-order valence-corrected chi connectivity index (χ4v) is 2.65. The largest absolute Gasteiger partial charge is 0.842 e. The van der Waals surface area contributed by atoms with Gasteiger partial charge >= 0.3 is 10.7 Å². The van der Waals surface area contributed by atoms with Crippen LogP contribution in [0.25, 0.3) is 0 Å². The van der Waals surface area contributed by atoms with Crippen LogP contribution in [0.1, 0.15) is 6.92 Å². The number of fused-ring (bicyclic) bond motifs is 1. The van der Waals surface area contributed by atoms with E-state index in [1.54, 1.807) is 20.9 Å². The Morgan fingerprint density at radius 3 is 3.23 bits per heavy atom. The molecule has 1 aromatic rings. The highest BCUT2D eigenvalue weighted by molar-refractivity contribution is 7.99. The summed E-state index contributed by atoms with van der Waals surface area (Å²) in [5, 5.41) is 12.1. The number of hydrogen-bond donors (Lipinski definition) is 0. The van der Waals surface area contributed by atoms with Crippen molar-refractivity contribution in [2.45, 2.75) is 25.2 Å². The zero-order chi connectivity index (χ0) is 9.42. The molecule has 70 valence electrons. The maximum Gasteiger partial charge on any atom is 0.337 e. The fourth-order valence-electron chi connectivity index (χ4n) is 1.48. The van der Waals surface area contributed by atoms with Gasteiger partial charge in [0.25, 0.3) is 0 Å². The molecule has 2 rings (SSSR count). The summed E-state index contributed by atoms with van der Waals surface area (Å²) in [5.74, 6) is 0.716. The molecule has 0 aromatic carbocycles. The zero-order valence-electron chi connectivity index (χ0n) is 7.32. The molecule has 0 amide bonds. The molecule has 0 saturated heterocycles. The molecule has 1 aliphatic heterocycles. The first-order chi connectivity index (χ1) is 6.24. The van der Waals surface area contributed by atoms with Gasteiger partial charge in [-0.3, -0.25) is 0 Å². The second kappa shape index (κ2) is 3.06. The van der Waals surface area contributed by atoms with E-state index in [9.17, 15) is 9.90 Å². The Balaban J connectivity index is 2.72. The normalized spacial score (nSPS) is 14.5. The Labute approximate surface area is 79.8 Å². The lowest BCUT2D eigenvalue weighted by Gasteiger charge is -2.09. The van der Waals surface area contributed by atoms with Gasteiger partial charge in [-0.05, 0) is 18.7 Å². The molecule has 13 heavy (non-hydrogen) atoms. The number of nitrogens with zero attached hydrogens (tertiary/aromatic N) is 2. The summed E-state index contributed by atoms with van der Waals surface area (Å²) in [7, 11) is 0. The highest BCUT2D eigenvalue weighted by atomic mass is 32.2. The molecule has 4 nitrogen and oxygen atoms in total. The summed E-state index contributed by atoms with van der Waals surface area (Å²) in [5.41, 5.74) is -0.187. The van der Waals surface area contributed by atoms with Crippen LogP contribution in [0.4, 0.5) is 0 Å². The lowest BCUT2D eigenvalue weighted by atomic mass is 10.5. The molecule has 0 atom stereocenters. The van der Waals surface area contributed by atoms with Crippen LogP contribution in [0.3, 0.4) is 0 Å². The van der Waals surface area contributed by atoms with E-state index in [4.69, 9.17) is 0 Å². The lowest BCUT2D eigenvalue weighted by molar-refractivity contribution is -0.764. The van der Waals surface area contributed by atoms with Crippen molar-refractivity contribution >= 4 is 11.8 Å². The molecule has 0 spiro atoms. The Morgan fingerprint density at radius 2 is 2.54 bits per heavy atom. The van der Waals surface area contributed by atoms with Gasteiger partial charge in [0.2, 0.25) is 0 Å². The summed E-state index contributed by atoms with van der Waals surface area (Å²) in [6.45, 7) is 3.26. The smallest absolute Gasteiger partial charge is 0.337 e. The predicted octanol–water partition coefficient (Wildman–Crippen LogP) is -0.665. The van der Waals surface area contributed by atoms with Crippen LogP contribution in [0.5, 0.6) is 5.88 Å². The summed E-state index contributed by atoms with van der Waals surface area (Å²) < 4.78 is 3.30. The van der Waals surface area contributed by atoms with E-state index < -0.39 is 0 Å². The van der Waals surface area contributed by atoms with Gasteiger partial charge in [0.15, 0.2) is 0 Å². The van der Waals surface area contributed by atoms with Crippen LogP contribution < -0.4 is 15.2 Å². The molecule has 5 heteroatoms. The van der Waals surface area contributed by atoms with E-state index in [-0.39, 0.29) is 11.4 Å². The van der Waals surface area contributed by atoms with E-state index in [2.05, 4.69) is 0 Å². The molecule has 2 heterocycles. The van der Waals surface area contributed by atoms with E-state index in [0.29, 0.717) is 6.54 Å². The average molecular weight is 198 g/mol. The number of aromatic nitrogens is 2. The maximum absolute atomic E-state index is 11.4. The first-order valence-electron chi connectivity index (χ1n) is 4.21. The number of thioether (sulfide) groups is 1. The van der Waals surface area contributed by atoms with Gasteiger partial charge in [-0.1, -0.05) is 0 Å². The standard InChI is InChI=1S/C8H10N2O2S/c1-2-9-6(11)5-7(12)10-3-4-13-8(9)10/h5H,2-4H2,1H3. The minimum absolute atomic E-state index is 0.172. The first kappa shape index (κ1) is 8.62. The SMILES string of the molecule is CCn1c2[n+](c([O-])cc1=O)CCS2. The number of hydrogen-bond acceptors (Lipinski definition) is 3. The molecular formula is C8H10N2O2S. The van der Waals surface area contributed by atoms with Crippen LogP contribution in [0, 0.1) is 0 Å². The topological polar surface area (TPSA) is 48.9 Å². The highest BCUT2D eigenvalue weighted by Crippen LogP contribution is 2.19. The van der Waals surface area contributed by atoms with Crippen LogP contribution in [-0.2, 0) is 13.1 Å². The fraction of sp³-hybridized carbons (Fsp3) is 0.500. The second-order valence-electron chi connectivity index (χ2n) is 2.85. The molecule has 0 bridgehead atoms. The van der Waals surface area contributed by atoms with Crippen molar-refractivity contribution < 1.29 is 9.67 Å².